The number of hydrogen-bond acceptors (Lipinski definition) is 3. The Labute approximate surface area is 87.1 Å². The maximum absolute atomic E-state index is 10.9. The number of aryl methyl sites for hydroxylation is 1. The van der Waals surface area contributed by atoms with Crippen LogP contribution in [0.4, 0.5) is 5.69 Å². The Bertz CT molecular complexity index is 396. The SMILES string of the molecule is N#CCCc1cccc(C(=O)Cl)c1N. The lowest BCUT2D eigenvalue weighted by molar-refractivity contribution is 0.108. The lowest BCUT2D eigenvalue weighted by atomic mass is 10.0. The molecule has 3 nitrogen and oxygen atoms in total. The number of anilines is 1. The fourth-order valence-corrected chi connectivity index (χ4v) is 1.36. The minimum Gasteiger partial charge on any atom is -0.398 e. The zero-order valence-electron chi connectivity index (χ0n) is 7.46. The summed E-state index contributed by atoms with van der Waals surface area (Å²) in [7, 11) is 0. The van der Waals surface area contributed by atoms with Gasteiger partial charge in [-0.05, 0) is 29.7 Å². The predicted molar refractivity (Wildman–Crippen MR) is 55.0 cm³/mol. The first-order valence-electron chi connectivity index (χ1n) is 4.11. The maximum atomic E-state index is 10.9. The highest BCUT2D eigenvalue weighted by Crippen LogP contribution is 2.20. The van der Waals surface area contributed by atoms with Gasteiger partial charge < -0.3 is 5.73 Å². The van der Waals surface area contributed by atoms with E-state index in [1.54, 1.807) is 18.2 Å². The second kappa shape index (κ2) is 4.64. The first kappa shape index (κ1) is 10.6. The molecule has 0 saturated heterocycles. The van der Waals surface area contributed by atoms with E-state index in [1.165, 1.54) is 0 Å². The van der Waals surface area contributed by atoms with Gasteiger partial charge in [0.25, 0.3) is 5.24 Å². The lowest BCUT2D eigenvalue weighted by Crippen LogP contribution is -2.02. The highest BCUT2D eigenvalue weighted by Gasteiger charge is 2.09. The van der Waals surface area contributed by atoms with Gasteiger partial charge in [-0.1, -0.05) is 12.1 Å². The molecule has 1 rings (SSSR count). The van der Waals surface area contributed by atoms with Crippen molar-refractivity contribution in [3.8, 4) is 6.07 Å². The van der Waals surface area contributed by atoms with Crippen LogP contribution in [0.2, 0.25) is 0 Å². The standard InChI is InChI=1S/C10H9ClN2O/c11-10(14)8-5-1-3-7(9(8)13)4-2-6-12/h1,3,5H,2,4,13H2. The summed E-state index contributed by atoms with van der Waals surface area (Å²) in [5.41, 5.74) is 7.19. The van der Waals surface area contributed by atoms with Crippen LogP contribution in [0.5, 0.6) is 0 Å². The van der Waals surface area contributed by atoms with Crippen LogP contribution in [0.15, 0.2) is 18.2 Å². The van der Waals surface area contributed by atoms with Gasteiger partial charge in [-0.3, -0.25) is 4.79 Å². The molecule has 1 aromatic carbocycles. The third-order valence-corrected chi connectivity index (χ3v) is 2.12. The molecule has 0 spiro atoms. The molecule has 0 aliphatic heterocycles. The van der Waals surface area contributed by atoms with Gasteiger partial charge in [0.15, 0.2) is 0 Å². The van der Waals surface area contributed by atoms with Gasteiger partial charge in [-0.25, -0.2) is 0 Å². The fourth-order valence-electron chi connectivity index (χ4n) is 1.19. The van der Waals surface area contributed by atoms with E-state index in [0.29, 0.717) is 24.1 Å². The van der Waals surface area contributed by atoms with E-state index < -0.39 is 5.24 Å². The maximum Gasteiger partial charge on any atom is 0.254 e. The normalized spacial score (nSPS) is 9.43. The molecule has 2 N–H and O–H groups in total. The second-order valence-corrected chi connectivity index (χ2v) is 3.15. The van der Waals surface area contributed by atoms with Gasteiger partial charge in [0, 0.05) is 12.1 Å². The van der Waals surface area contributed by atoms with Crippen molar-refractivity contribution in [1.29, 1.82) is 5.26 Å². The molecule has 72 valence electrons. The Kier molecular flexibility index (Phi) is 3.49. The molecule has 4 heteroatoms. The van der Waals surface area contributed by atoms with Crippen molar-refractivity contribution in [1.82, 2.24) is 0 Å². The molecule has 0 heterocycles. The van der Waals surface area contributed by atoms with Crippen molar-refractivity contribution in [2.24, 2.45) is 0 Å². The Balaban J connectivity index is 3.02. The molecule has 0 aromatic heterocycles. The number of carbonyl (C=O) groups excluding carboxylic acids is 1. The Hall–Kier alpha value is -1.53. The molecule has 0 fully saturated rings. The molecule has 0 radical (unpaired) electrons. The van der Waals surface area contributed by atoms with Crippen LogP contribution in [0.3, 0.4) is 0 Å². The number of nitriles is 1. The van der Waals surface area contributed by atoms with Crippen LogP contribution in [0.1, 0.15) is 22.3 Å². The van der Waals surface area contributed by atoms with E-state index in [2.05, 4.69) is 0 Å². The quantitative estimate of drug-likeness (QED) is 0.611. The monoisotopic (exact) mass is 208 g/mol. The van der Waals surface area contributed by atoms with E-state index in [1.807, 2.05) is 6.07 Å². The summed E-state index contributed by atoms with van der Waals surface area (Å²) in [4.78, 5) is 10.9. The Morgan fingerprint density at radius 1 is 1.57 bits per heavy atom. The predicted octanol–water partition coefficient (Wildman–Crippen LogP) is 2.10. The van der Waals surface area contributed by atoms with Gasteiger partial charge in [-0.15, -0.1) is 0 Å². The van der Waals surface area contributed by atoms with Crippen molar-refractivity contribution in [3.05, 3.63) is 29.3 Å². The van der Waals surface area contributed by atoms with Crippen LogP contribution in [-0.4, -0.2) is 5.24 Å². The summed E-state index contributed by atoms with van der Waals surface area (Å²) in [5, 5.41) is 7.84. The lowest BCUT2D eigenvalue weighted by Gasteiger charge is -2.05. The van der Waals surface area contributed by atoms with Crippen LogP contribution >= 0.6 is 11.6 Å². The highest BCUT2D eigenvalue weighted by molar-refractivity contribution is 6.68. The van der Waals surface area contributed by atoms with E-state index in [-0.39, 0.29) is 0 Å². The molecule has 0 saturated carbocycles. The van der Waals surface area contributed by atoms with Crippen molar-refractivity contribution in [2.75, 3.05) is 5.73 Å². The molecule has 0 bridgehead atoms. The average Bonchev–Trinajstić information content (AvgIpc) is 2.16. The van der Waals surface area contributed by atoms with Crippen molar-refractivity contribution < 1.29 is 4.79 Å². The Morgan fingerprint density at radius 2 is 2.29 bits per heavy atom. The molecular weight excluding hydrogens is 200 g/mol. The third-order valence-electron chi connectivity index (χ3n) is 1.91. The first-order valence-corrected chi connectivity index (χ1v) is 4.48. The topological polar surface area (TPSA) is 66.9 Å². The molecule has 0 atom stereocenters. The molecule has 0 amide bonds. The number of carbonyl (C=O) groups is 1. The van der Waals surface area contributed by atoms with Gasteiger partial charge >= 0.3 is 0 Å². The second-order valence-electron chi connectivity index (χ2n) is 2.81. The minimum atomic E-state index is -0.568. The minimum absolute atomic E-state index is 0.308. The molecule has 0 unspecified atom stereocenters. The fraction of sp³-hybridized carbons (Fsp3) is 0.200. The first-order chi connectivity index (χ1) is 6.66. The van der Waals surface area contributed by atoms with E-state index in [9.17, 15) is 4.79 Å². The number of rotatable bonds is 3. The van der Waals surface area contributed by atoms with E-state index >= 15 is 0 Å². The summed E-state index contributed by atoms with van der Waals surface area (Å²) in [6.07, 6.45) is 0.921. The number of nitrogen functional groups attached to an aromatic ring is 1. The number of benzene rings is 1. The average molecular weight is 209 g/mol. The Morgan fingerprint density at radius 3 is 2.86 bits per heavy atom. The van der Waals surface area contributed by atoms with Crippen LogP contribution in [0, 0.1) is 11.3 Å². The number of para-hydroxylation sites is 1. The largest absolute Gasteiger partial charge is 0.398 e. The van der Waals surface area contributed by atoms with Crippen molar-refractivity contribution in [2.45, 2.75) is 12.8 Å². The van der Waals surface area contributed by atoms with Crippen LogP contribution in [0.25, 0.3) is 0 Å². The van der Waals surface area contributed by atoms with E-state index in [0.717, 1.165) is 5.56 Å². The van der Waals surface area contributed by atoms with Gasteiger partial charge in [0.05, 0.1) is 11.6 Å². The number of hydrogen-bond donors (Lipinski definition) is 1. The number of nitrogens with zero attached hydrogens (tertiary/aromatic N) is 1. The van der Waals surface area contributed by atoms with Gasteiger partial charge in [-0.2, -0.15) is 5.26 Å². The summed E-state index contributed by atoms with van der Waals surface area (Å²) in [6, 6.07) is 7.08. The number of nitrogens with two attached hydrogens (primary N) is 1. The zero-order chi connectivity index (χ0) is 10.6. The molecule has 1 aromatic rings. The summed E-state index contributed by atoms with van der Waals surface area (Å²) in [5.74, 6) is 0. The zero-order valence-corrected chi connectivity index (χ0v) is 8.21. The van der Waals surface area contributed by atoms with Gasteiger partial charge in [0.2, 0.25) is 0 Å². The van der Waals surface area contributed by atoms with Crippen molar-refractivity contribution >= 4 is 22.5 Å². The molecular formula is C10H9ClN2O. The number of halogens is 1. The highest BCUT2D eigenvalue weighted by atomic mass is 35.5. The third kappa shape index (κ3) is 2.24. The molecule has 14 heavy (non-hydrogen) atoms. The smallest absolute Gasteiger partial charge is 0.254 e. The van der Waals surface area contributed by atoms with E-state index in [4.69, 9.17) is 22.6 Å². The summed E-state index contributed by atoms with van der Waals surface area (Å²) in [6.45, 7) is 0. The summed E-state index contributed by atoms with van der Waals surface area (Å²) >= 11 is 5.33. The van der Waals surface area contributed by atoms with Gasteiger partial charge in [0.1, 0.15) is 0 Å². The summed E-state index contributed by atoms with van der Waals surface area (Å²) < 4.78 is 0. The molecule has 0 aliphatic carbocycles. The molecule has 0 aliphatic rings. The van der Waals surface area contributed by atoms with Crippen LogP contribution in [-0.2, 0) is 6.42 Å². The van der Waals surface area contributed by atoms with Crippen molar-refractivity contribution in [3.63, 3.8) is 0 Å². The van der Waals surface area contributed by atoms with Crippen LogP contribution < -0.4 is 5.73 Å².